The third-order valence-electron chi connectivity index (χ3n) is 3.59. The minimum absolute atomic E-state index is 0.0819. The van der Waals surface area contributed by atoms with Gasteiger partial charge in [0.05, 0.1) is 18.1 Å². The molecule has 2 N–H and O–H groups in total. The zero-order chi connectivity index (χ0) is 19.1. The Bertz CT molecular complexity index is 811. The lowest BCUT2D eigenvalue weighted by Gasteiger charge is -2.11. The van der Waals surface area contributed by atoms with Crippen molar-refractivity contribution >= 4 is 29.1 Å². The van der Waals surface area contributed by atoms with E-state index in [-0.39, 0.29) is 29.9 Å². The van der Waals surface area contributed by atoms with Crippen LogP contribution in [0.25, 0.3) is 0 Å². The largest absolute Gasteiger partial charge is 0.491 e. The van der Waals surface area contributed by atoms with E-state index in [1.54, 1.807) is 18.2 Å². The van der Waals surface area contributed by atoms with Crippen molar-refractivity contribution in [3.63, 3.8) is 0 Å². The summed E-state index contributed by atoms with van der Waals surface area (Å²) in [7, 11) is 0. The first-order valence-corrected chi connectivity index (χ1v) is 8.55. The predicted octanol–water partition coefficient (Wildman–Crippen LogP) is 3.94. The molecule has 0 aliphatic heterocycles. The molecular weight excluding hydrogens is 359 g/mol. The molecule has 0 heterocycles. The summed E-state index contributed by atoms with van der Waals surface area (Å²) in [5, 5.41) is 5.63. The van der Waals surface area contributed by atoms with E-state index in [1.807, 2.05) is 13.8 Å². The highest BCUT2D eigenvalue weighted by Crippen LogP contribution is 2.25. The van der Waals surface area contributed by atoms with Crippen LogP contribution in [-0.4, -0.2) is 25.0 Å². The average molecular weight is 379 g/mol. The highest BCUT2D eigenvalue weighted by Gasteiger charge is 2.10. The van der Waals surface area contributed by atoms with Crippen LogP contribution in [0.3, 0.4) is 0 Å². The van der Waals surface area contributed by atoms with Gasteiger partial charge in [0.25, 0.3) is 5.91 Å². The summed E-state index contributed by atoms with van der Waals surface area (Å²) in [4.78, 5) is 24.0. The number of benzene rings is 2. The third kappa shape index (κ3) is 5.46. The second-order valence-corrected chi connectivity index (χ2v) is 6.02. The molecule has 0 saturated carbocycles. The van der Waals surface area contributed by atoms with Crippen LogP contribution in [0, 0.1) is 12.7 Å². The summed E-state index contributed by atoms with van der Waals surface area (Å²) in [5.41, 5.74) is 1.88. The van der Waals surface area contributed by atoms with Gasteiger partial charge in [-0.05, 0) is 49.7 Å². The second-order valence-electron chi connectivity index (χ2n) is 5.61. The lowest BCUT2D eigenvalue weighted by molar-refractivity contribution is -0.116. The minimum Gasteiger partial charge on any atom is -0.491 e. The van der Waals surface area contributed by atoms with E-state index in [1.165, 1.54) is 12.1 Å². The van der Waals surface area contributed by atoms with Crippen molar-refractivity contribution in [2.45, 2.75) is 20.3 Å². The molecule has 2 aromatic rings. The number of carbonyl (C=O) groups is 2. The Morgan fingerprint density at radius 1 is 1.19 bits per heavy atom. The monoisotopic (exact) mass is 378 g/mol. The van der Waals surface area contributed by atoms with Gasteiger partial charge in [0.1, 0.15) is 11.6 Å². The number of hydrogen-bond acceptors (Lipinski definition) is 3. The number of anilines is 1. The molecule has 26 heavy (non-hydrogen) atoms. The van der Waals surface area contributed by atoms with Crippen molar-refractivity contribution in [2.24, 2.45) is 0 Å². The molecule has 0 unspecified atom stereocenters. The third-order valence-corrected chi connectivity index (χ3v) is 3.89. The Morgan fingerprint density at radius 2 is 1.96 bits per heavy atom. The van der Waals surface area contributed by atoms with E-state index in [0.29, 0.717) is 23.5 Å². The Morgan fingerprint density at radius 3 is 2.65 bits per heavy atom. The lowest BCUT2D eigenvalue weighted by atomic mass is 10.1. The maximum absolute atomic E-state index is 13.0. The van der Waals surface area contributed by atoms with Gasteiger partial charge in [-0.1, -0.05) is 17.7 Å². The molecule has 0 aromatic heterocycles. The fourth-order valence-corrected chi connectivity index (χ4v) is 2.44. The van der Waals surface area contributed by atoms with Crippen LogP contribution in [0.5, 0.6) is 5.75 Å². The van der Waals surface area contributed by atoms with Gasteiger partial charge < -0.3 is 15.4 Å². The predicted molar refractivity (Wildman–Crippen MR) is 99.3 cm³/mol. The highest BCUT2D eigenvalue weighted by atomic mass is 35.5. The number of carbonyl (C=O) groups excluding carboxylic acids is 2. The Hall–Kier alpha value is -2.60. The van der Waals surface area contributed by atoms with Gasteiger partial charge in [0, 0.05) is 17.8 Å². The van der Waals surface area contributed by atoms with Gasteiger partial charge >= 0.3 is 0 Å². The van der Waals surface area contributed by atoms with E-state index >= 15 is 0 Å². The van der Waals surface area contributed by atoms with Crippen molar-refractivity contribution in [3.05, 3.63) is 58.4 Å². The smallest absolute Gasteiger partial charge is 0.251 e. The first kappa shape index (κ1) is 19.7. The van der Waals surface area contributed by atoms with Gasteiger partial charge in [0.2, 0.25) is 5.91 Å². The quantitative estimate of drug-likeness (QED) is 0.766. The SMILES string of the molecule is CCNC(=O)c1ccc(C)c(NC(=O)CCOc2ccc(F)cc2Cl)c1. The summed E-state index contributed by atoms with van der Waals surface area (Å²) in [5.74, 6) is -0.602. The molecule has 0 spiro atoms. The molecule has 0 bridgehead atoms. The number of nitrogens with one attached hydrogen (secondary N) is 2. The molecule has 2 aromatic carbocycles. The number of rotatable bonds is 7. The van der Waals surface area contributed by atoms with Crippen LogP contribution in [0.4, 0.5) is 10.1 Å². The first-order chi connectivity index (χ1) is 12.4. The number of ether oxygens (including phenoxy) is 1. The molecule has 0 aliphatic carbocycles. The van der Waals surface area contributed by atoms with E-state index in [2.05, 4.69) is 10.6 Å². The molecule has 2 amide bonds. The maximum atomic E-state index is 13.0. The Labute approximate surface area is 156 Å². The zero-order valence-corrected chi connectivity index (χ0v) is 15.3. The van der Waals surface area contributed by atoms with Crippen molar-refractivity contribution < 1.29 is 18.7 Å². The van der Waals surface area contributed by atoms with Crippen molar-refractivity contribution in [3.8, 4) is 5.75 Å². The van der Waals surface area contributed by atoms with Crippen LogP contribution in [-0.2, 0) is 4.79 Å². The molecule has 7 heteroatoms. The van der Waals surface area contributed by atoms with E-state index < -0.39 is 5.82 Å². The van der Waals surface area contributed by atoms with E-state index in [9.17, 15) is 14.0 Å². The van der Waals surface area contributed by atoms with E-state index in [0.717, 1.165) is 11.6 Å². The van der Waals surface area contributed by atoms with Crippen molar-refractivity contribution in [1.82, 2.24) is 5.32 Å². The average Bonchev–Trinajstić information content (AvgIpc) is 2.59. The summed E-state index contributed by atoms with van der Waals surface area (Å²) in [6.45, 7) is 4.29. The highest BCUT2D eigenvalue weighted by molar-refractivity contribution is 6.32. The van der Waals surface area contributed by atoms with Crippen LogP contribution < -0.4 is 15.4 Å². The molecule has 5 nitrogen and oxygen atoms in total. The van der Waals surface area contributed by atoms with Gasteiger partial charge in [-0.2, -0.15) is 0 Å². The molecular formula is C19H20ClFN2O3. The van der Waals surface area contributed by atoms with Gasteiger partial charge in [-0.15, -0.1) is 0 Å². The number of halogens is 2. The summed E-state index contributed by atoms with van der Waals surface area (Å²) >= 11 is 5.86. The van der Waals surface area contributed by atoms with Gasteiger partial charge in [0.15, 0.2) is 0 Å². The Kier molecular flexibility index (Phi) is 6.97. The van der Waals surface area contributed by atoms with Gasteiger partial charge in [-0.3, -0.25) is 9.59 Å². The first-order valence-electron chi connectivity index (χ1n) is 8.17. The van der Waals surface area contributed by atoms with Crippen LogP contribution in [0.2, 0.25) is 5.02 Å². The number of amides is 2. The molecule has 0 atom stereocenters. The topological polar surface area (TPSA) is 67.4 Å². The van der Waals surface area contributed by atoms with Crippen molar-refractivity contribution in [1.29, 1.82) is 0 Å². The molecule has 0 fully saturated rings. The number of hydrogen-bond donors (Lipinski definition) is 2. The van der Waals surface area contributed by atoms with Crippen molar-refractivity contribution in [2.75, 3.05) is 18.5 Å². The minimum atomic E-state index is -0.456. The zero-order valence-electron chi connectivity index (χ0n) is 14.6. The summed E-state index contributed by atoms with van der Waals surface area (Å²) in [6, 6.07) is 8.90. The second kappa shape index (κ2) is 9.20. The van der Waals surface area contributed by atoms with Gasteiger partial charge in [-0.25, -0.2) is 4.39 Å². The molecule has 0 radical (unpaired) electrons. The molecule has 0 saturated heterocycles. The summed E-state index contributed by atoms with van der Waals surface area (Å²) < 4.78 is 18.4. The molecule has 0 aliphatic rings. The molecule has 138 valence electrons. The maximum Gasteiger partial charge on any atom is 0.251 e. The standard InChI is InChI=1S/C19H20ClFN2O3/c1-3-22-19(25)13-5-4-12(2)16(10-13)23-18(24)8-9-26-17-7-6-14(21)11-15(17)20/h4-7,10-11H,3,8-9H2,1-2H3,(H,22,25)(H,23,24). The Balaban J connectivity index is 1.93. The van der Waals surface area contributed by atoms with Crippen LogP contribution >= 0.6 is 11.6 Å². The molecule has 2 rings (SSSR count). The fourth-order valence-electron chi connectivity index (χ4n) is 2.22. The summed E-state index contributed by atoms with van der Waals surface area (Å²) in [6.07, 6.45) is 0.0819. The lowest BCUT2D eigenvalue weighted by Crippen LogP contribution is -2.23. The fraction of sp³-hybridized carbons (Fsp3) is 0.263. The van der Waals surface area contributed by atoms with Crippen LogP contribution in [0.15, 0.2) is 36.4 Å². The van der Waals surface area contributed by atoms with E-state index in [4.69, 9.17) is 16.3 Å². The normalized spacial score (nSPS) is 10.3. The number of aryl methyl sites for hydroxylation is 1. The van der Waals surface area contributed by atoms with Crippen LogP contribution in [0.1, 0.15) is 29.3 Å².